The molecule has 1 aliphatic rings. The summed E-state index contributed by atoms with van der Waals surface area (Å²) in [7, 11) is 0. The smallest absolute Gasteiger partial charge is 0.293 e. The molecule has 0 radical (unpaired) electrons. The zero-order valence-electron chi connectivity index (χ0n) is 8.50. The standard InChI is InChI=1S/C11H20O2/c1-2-3-4-6-10-7-5-8-11(10)13-9-12/h9-11H,2-8H2,1H3. The Morgan fingerprint density at radius 1 is 1.38 bits per heavy atom. The molecule has 0 saturated heterocycles. The second kappa shape index (κ2) is 6.01. The largest absolute Gasteiger partial charge is 0.464 e. The van der Waals surface area contributed by atoms with Gasteiger partial charge in [-0.15, -0.1) is 0 Å². The first-order valence-electron chi connectivity index (χ1n) is 5.47. The second-order valence-electron chi connectivity index (χ2n) is 3.96. The number of unbranched alkanes of at least 4 members (excludes halogenated alkanes) is 2. The number of carbonyl (C=O) groups excluding carboxylic acids is 1. The van der Waals surface area contributed by atoms with E-state index >= 15 is 0 Å². The van der Waals surface area contributed by atoms with E-state index in [0.29, 0.717) is 12.4 Å². The molecule has 2 atom stereocenters. The number of ether oxygens (including phenoxy) is 1. The van der Waals surface area contributed by atoms with Crippen LogP contribution in [0, 0.1) is 5.92 Å². The molecule has 1 fully saturated rings. The summed E-state index contributed by atoms with van der Waals surface area (Å²) in [6.07, 6.45) is 8.91. The number of hydrogen-bond donors (Lipinski definition) is 0. The van der Waals surface area contributed by atoms with E-state index in [1.54, 1.807) is 0 Å². The highest BCUT2D eigenvalue weighted by molar-refractivity contribution is 5.37. The molecule has 0 amide bonds. The third kappa shape index (κ3) is 3.37. The lowest BCUT2D eigenvalue weighted by atomic mass is 9.98. The lowest BCUT2D eigenvalue weighted by Crippen LogP contribution is -2.17. The minimum atomic E-state index is 0.231. The maximum absolute atomic E-state index is 10.2. The van der Waals surface area contributed by atoms with Crippen LogP contribution in [0.15, 0.2) is 0 Å². The van der Waals surface area contributed by atoms with Gasteiger partial charge < -0.3 is 4.74 Å². The van der Waals surface area contributed by atoms with E-state index in [9.17, 15) is 4.79 Å². The molecule has 0 spiro atoms. The first-order valence-corrected chi connectivity index (χ1v) is 5.47. The van der Waals surface area contributed by atoms with Crippen LogP contribution in [0.3, 0.4) is 0 Å². The minimum Gasteiger partial charge on any atom is -0.464 e. The average molecular weight is 184 g/mol. The van der Waals surface area contributed by atoms with E-state index in [4.69, 9.17) is 4.74 Å². The van der Waals surface area contributed by atoms with Crippen LogP contribution >= 0.6 is 0 Å². The lowest BCUT2D eigenvalue weighted by Gasteiger charge is -2.17. The number of carbonyl (C=O) groups is 1. The summed E-state index contributed by atoms with van der Waals surface area (Å²) in [5.74, 6) is 0.650. The van der Waals surface area contributed by atoms with E-state index in [1.807, 2.05) is 0 Å². The van der Waals surface area contributed by atoms with Gasteiger partial charge in [0.05, 0.1) is 0 Å². The molecular formula is C11H20O2. The molecule has 76 valence electrons. The van der Waals surface area contributed by atoms with Gasteiger partial charge in [0.1, 0.15) is 6.10 Å². The van der Waals surface area contributed by atoms with Crippen molar-refractivity contribution in [2.24, 2.45) is 5.92 Å². The Bertz CT molecular complexity index is 145. The molecule has 0 aliphatic heterocycles. The predicted molar refractivity (Wildman–Crippen MR) is 52.4 cm³/mol. The summed E-state index contributed by atoms with van der Waals surface area (Å²) >= 11 is 0. The molecule has 0 bridgehead atoms. The molecule has 2 unspecified atom stereocenters. The quantitative estimate of drug-likeness (QED) is 0.468. The van der Waals surface area contributed by atoms with E-state index < -0.39 is 0 Å². The molecular weight excluding hydrogens is 164 g/mol. The van der Waals surface area contributed by atoms with Crippen LogP contribution in [0.4, 0.5) is 0 Å². The third-order valence-corrected chi connectivity index (χ3v) is 3.00. The van der Waals surface area contributed by atoms with Crippen LogP contribution < -0.4 is 0 Å². The van der Waals surface area contributed by atoms with Crippen LogP contribution in [0.25, 0.3) is 0 Å². The van der Waals surface area contributed by atoms with Crippen molar-refractivity contribution in [3.05, 3.63) is 0 Å². The highest BCUT2D eigenvalue weighted by atomic mass is 16.5. The first kappa shape index (κ1) is 10.6. The maximum atomic E-state index is 10.2. The summed E-state index contributed by atoms with van der Waals surface area (Å²) in [6, 6.07) is 0. The topological polar surface area (TPSA) is 26.3 Å². The Hall–Kier alpha value is -0.530. The zero-order valence-corrected chi connectivity index (χ0v) is 8.50. The van der Waals surface area contributed by atoms with Gasteiger partial charge in [-0.25, -0.2) is 0 Å². The van der Waals surface area contributed by atoms with Gasteiger partial charge in [0.15, 0.2) is 0 Å². The fraction of sp³-hybridized carbons (Fsp3) is 0.909. The van der Waals surface area contributed by atoms with E-state index in [1.165, 1.54) is 38.5 Å². The molecule has 2 heteroatoms. The van der Waals surface area contributed by atoms with Crippen molar-refractivity contribution in [2.45, 2.75) is 58.0 Å². The van der Waals surface area contributed by atoms with Gasteiger partial charge >= 0.3 is 0 Å². The first-order chi connectivity index (χ1) is 6.38. The molecule has 1 aliphatic carbocycles. The van der Waals surface area contributed by atoms with Crippen molar-refractivity contribution >= 4 is 6.47 Å². The number of rotatable bonds is 6. The molecule has 0 aromatic heterocycles. The summed E-state index contributed by atoms with van der Waals surface area (Å²) < 4.78 is 5.07. The van der Waals surface area contributed by atoms with Gasteiger partial charge in [0.2, 0.25) is 0 Å². The molecule has 13 heavy (non-hydrogen) atoms. The van der Waals surface area contributed by atoms with E-state index in [2.05, 4.69) is 6.92 Å². The average Bonchev–Trinajstić information content (AvgIpc) is 2.54. The monoisotopic (exact) mass is 184 g/mol. The van der Waals surface area contributed by atoms with E-state index in [-0.39, 0.29) is 6.10 Å². The molecule has 0 N–H and O–H groups in total. The van der Waals surface area contributed by atoms with Gasteiger partial charge in [-0.1, -0.05) is 26.2 Å². The fourth-order valence-electron chi connectivity index (χ4n) is 2.24. The van der Waals surface area contributed by atoms with Gasteiger partial charge in [-0.3, -0.25) is 4.79 Å². The van der Waals surface area contributed by atoms with Crippen LogP contribution in [0.1, 0.15) is 51.9 Å². The van der Waals surface area contributed by atoms with Crippen molar-refractivity contribution in [1.82, 2.24) is 0 Å². The summed E-state index contributed by atoms with van der Waals surface area (Å²) in [6.45, 7) is 2.83. The summed E-state index contributed by atoms with van der Waals surface area (Å²) in [5, 5.41) is 0. The molecule has 1 saturated carbocycles. The zero-order chi connectivity index (χ0) is 9.52. The minimum absolute atomic E-state index is 0.231. The maximum Gasteiger partial charge on any atom is 0.293 e. The van der Waals surface area contributed by atoms with Crippen molar-refractivity contribution in [2.75, 3.05) is 0 Å². The van der Waals surface area contributed by atoms with Crippen molar-refractivity contribution in [3.8, 4) is 0 Å². The van der Waals surface area contributed by atoms with Crippen molar-refractivity contribution in [1.29, 1.82) is 0 Å². The molecule has 0 aromatic rings. The molecule has 0 aromatic carbocycles. The van der Waals surface area contributed by atoms with Gasteiger partial charge in [-0.2, -0.15) is 0 Å². The Kier molecular flexibility index (Phi) is 4.87. The fourth-order valence-corrected chi connectivity index (χ4v) is 2.24. The Labute approximate surface area is 80.7 Å². The molecule has 0 heterocycles. The van der Waals surface area contributed by atoms with Crippen molar-refractivity contribution < 1.29 is 9.53 Å². The molecule has 2 nitrogen and oxygen atoms in total. The number of hydrogen-bond acceptors (Lipinski definition) is 2. The van der Waals surface area contributed by atoms with Crippen LogP contribution in [-0.2, 0) is 9.53 Å². The third-order valence-electron chi connectivity index (χ3n) is 3.00. The Morgan fingerprint density at radius 2 is 2.23 bits per heavy atom. The Morgan fingerprint density at radius 3 is 2.92 bits per heavy atom. The normalized spacial score (nSPS) is 27.5. The second-order valence-corrected chi connectivity index (χ2v) is 3.96. The van der Waals surface area contributed by atoms with Crippen LogP contribution in [0.5, 0.6) is 0 Å². The summed E-state index contributed by atoms with van der Waals surface area (Å²) in [4.78, 5) is 10.2. The van der Waals surface area contributed by atoms with Gasteiger partial charge in [-0.05, 0) is 31.6 Å². The highest BCUT2D eigenvalue weighted by Gasteiger charge is 2.27. The van der Waals surface area contributed by atoms with E-state index in [0.717, 1.165) is 6.42 Å². The summed E-state index contributed by atoms with van der Waals surface area (Å²) in [5.41, 5.74) is 0. The predicted octanol–water partition coefficient (Wildman–Crippen LogP) is 2.91. The Balaban J connectivity index is 2.18. The van der Waals surface area contributed by atoms with Gasteiger partial charge in [0.25, 0.3) is 6.47 Å². The highest BCUT2D eigenvalue weighted by Crippen LogP contribution is 2.31. The van der Waals surface area contributed by atoms with Crippen LogP contribution in [0.2, 0.25) is 0 Å². The van der Waals surface area contributed by atoms with Crippen LogP contribution in [-0.4, -0.2) is 12.6 Å². The van der Waals surface area contributed by atoms with Crippen molar-refractivity contribution in [3.63, 3.8) is 0 Å². The van der Waals surface area contributed by atoms with Gasteiger partial charge in [0, 0.05) is 0 Å². The lowest BCUT2D eigenvalue weighted by molar-refractivity contribution is -0.135. The SMILES string of the molecule is CCCCCC1CCCC1OC=O. The molecule has 1 rings (SSSR count).